The Labute approximate surface area is 427 Å². The van der Waals surface area contributed by atoms with Gasteiger partial charge in [-0.25, -0.2) is 0 Å². The molecule has 3 aliphatic heterocycles. The zero-order valence-corrected chi connectivity index (χ0v) is 42.6. The Kier molecular flexibility index (Phi) is 21.4. The van der Waals surface area contributed by atoms with Gasteiger partial charge in [0.25, 0.3) is 0 Å². The normalized spacial score (nSPS) is 30.6. The Morgan fingerprint density at radius 1 is 0.595 bits per heavy atom. The molecule has 24 nitrogen and oxygen atoms in total. The molecule has 0 spiro atoms. The van der Waals surface area contributed by atoms with E-state index < -0.39 is 152 Å². The van der Waals surface area contributed by atoms with Gasteiger partial charge in [-0.05, 0) is 17.5 Å². The molecule has 0 radical (unpaired) electrons. The number of nitrogens with one attached hydrogen (secondary N) is 1. The van der Waals surface area contributed by atoms with Crippen LogP contribution >= 0.6 is 0 Å². The number of ether oxygens (including phenoxy) is 14. The Hall–Kier alpha value is -6.12. The quantitative estimate of drug-likeness (QED) is 0.0965. The van der Waals surface area contributed by atoms with Crippen molar-refractivity contribution in [2.45, 2.75) is 167 Å². The molecule has 14 atom stereocenters. The fourth-order valence-electron chi connectivity index (χ4n) is 8.86. The molecule has 0 aliphatic carbocycles. The minimum absolute atomic E-state index is 0.0337. The maximum atomic E-state index is 13.6. The van der Waals surface area contributed by atoms with E-state index in [1.165, 1.54) is 6.92 Å². The molecule has 74 heavy (non-hydrogen) atoms. The maximum Gasteiger partial charge on any atom is 0.303 e. The highest BCUT2D eigenvalue weighted by molar-refractivity contribution is 5.74. The molecule has 0 unspecified atom stereocenters. The third-order valence-corrected chi connectivity index (χ3v) is 11.8. The van der Waals surface area contributed by atoms with Crippen molar-refractivity contribution in [2.24, 2.45) is 0 Å². The van der Waals surface area contributed by atoms with Crippen molar-refractivity contribution in [3.05, 3.63) is 71.8 Å². The molecular weight excluding hydrogens is 983 g/mol. The van der Waals surface area contributed by atoms with E-state index in [1.54, 1.807) is 49.4 Å². The predicted octanol–water partition coefficient (Wildman–Crippen LogP) is 1.80. The van der Waals surface area contributed by atoms with Crippen LogP contribution in [0.2, 0.25) is 0 Å². The van der Waals surface area contributed by atoms with Gasteiger partial charge in [-0.2, -0.15) is 0 Å². The summed E-state index contributed by atoms with van der Waals surface area (Å²) in [5.74, 6) is -10.3. The Bertz CT molecular complexity index is 2250. The molecule has 3 saturated heterocycles. The summed E-state index contributed by atoms with van der Waals surface area (Å²) in [5.41, 5.74) is -0.596. The van der Waals surface area contributed by atoms with E-state index in [2.05, 4.69) is 5.32 Å². The van der Waals surface area contributed by atoms with Crippen LogP contribution in [-0.2, 0) is 118 Å². The van der Waals surface area contributed by atoms with Gasteiger partial charge in [0, 0.05) is 55.4 Å². The summed E-state index contributed by atoms with van der Waals surface area (Å²) in [4.78, 5) is 104. The van der Waals surface area contributed by atoms with E-state index in [1.807, 2.05) is 18.2 Å². The Balaban J connectivity index is 1.82. The number of amides is 1. The molecule has 3 heterocycles. The molecule has 1 amide bonds. The fraction of sp³-hybridized carbons (Fsp3) is 0.600. The molecule has 3 fully saturated rings. The zero-order valence-electron chi connectivity index (χ0n) is 42.6. The predicted molar refractivity (Wildman–Crippen MR) is 247 cm³/mol. The van der Waals surface area contributed by atoms with Gasteiger partial charge in [-0.15, -0.1) is 0 Å². The molecule has 2 aromatic rings. The minimum atomic E-state index is -2.96. The van der Waals surface area contributed by atoms with Gasteiger partial charge in [0.15, 0.2) is 36.8 Å². The highest BCUT2D eigenvalue weighted by atomic mass is 16.9. The molecule has 0 saturated carbocycles. The summed E-state index contributed by atoms with van der Waals surface area (Å²) >= 11 is 0. The molecule has 2 N–H and O–H groups in total. The van der Waals surface area contributed by atoms with Crippen molar-refractivity contribution in [3.8, 4) is 0 Å². The van der Waals surface area contributed by atoms with E-state index in [4.69, 9.17) is 66.3 Å². The second-order valence-corrected chi connectivity index (χ2v) is 17.6. The molecule has 2 aromatic carbocycles. The van der Waals surface area contributed by atoms with Gasteiger partial charge in [0.1, 0.15) is 49.3 Å². The molecule has 0 bridgehead atoms. The highest BCUT2D eigenvalue weighted by Gasteiger charge is 2.68. The maximum absolute atomic E-state index is 13.6. The van der Waals surface area contributed by atoms with Crippen molar-refractivity contribution in [1.29, 1.82) is 0 Å². The van der Waals surface area contributed by atoms with Crippen LogP contribution < -0.4 is 5.32 Å². The lowest BCUT2D eigenvalue weighted by Gasteiger charge is -2.57. The number of hydrogen-bond acceptors (Lipinski definition) is 23. The van der Waals surface area contributed by atoms with Crippen LogP contribution in [0.25, 0.3) is 0 Å². The topological polar surface area (TPSA) is 298 Å². The molecule has 3 aliphatic rings. The van der Waals surface area contributed by atoms with Crippen LogP contribution in [-0.4, -0.2) is 164 Å². The number of rotatable bonds is 22. The molecule has 0 aromatic heterocycles. The minimum Gasteiger partial charge on any atom is -0.463 e. The monoisotopic (exact) mass is 1050 g/mol. The van der Waals surface area contributed by atoms with E-state index in [0.29, 0.717) is 5.56 Å². The second kappa shape index (κ2) is 26.9. The SMILES string of the molecule is CC[C@@]1(NC(C)=O)[C@@H](O[C@]2(O[C@@H]3O[C@H](COC(C)=O)[C@H](OC(C)=O)[C@H](OC(C)=O)[C@H]3OC(C)=O)[C@H](OC(C)=O)[C@@H](OC(C)=O)CO[C@@H]2COC(C)=O)O[C@H](COCc2ccccc2)[C@@H](O)[C@@H]1OCc1ccccc1. The van der Waals surface area contributed by atoms with E-state index in [-0.39, 0.29) is 26.2 Å². The van der Waals surface area contributed by atoms with Crippen molar-refractivity contribution >= 4 is 47.7 Å². The lowest BCUT2D eigenvalue weighted by Crippen LogP contribution is -2.78. The lowest BCUT2D eigenvalue weighted by atomic mass is 9.80. The van der Waals surface area contributed by atoms with Gasteiger partial charge in [0.2, 0.25) is 18.0 Å². The van der Waals surface area contributed by atoms with Crippen molar-refractivity contribution in [1.82, 2.24) is 5.32 Å². The zero-order chi connectivity index (χ0) is 54.3. The molecular formula is C50H65NO23. The summed E-state index contributed by atoms with van der Waals surface area (Å²) < 4.78 is 85.6. The number of aliphatic hydroxyl groups is 1. The summed E-state index contributed by atoms with van der Waals surface area (Å²) in [6.07, 6.45) is -21.6. The van der Waals surface area contributed by atoms with Gasteiger partial charge >= 0.3 is 41.8 Å². The molecule has 408 valence electrons. The summed E-state index contributed by atoms with van der Waals surface area (Å²) in [7, 11) is 0. The van der Waals surface area contributed by atoms with Crippen LogP contribution in [0.4, 0.5) is 0 Å². The van der Waals surface area contributed by atoms with Crippen LogP contribution in [0, 0.1) is 0 Å². The van der Waals surface area contributed by atoms with Crippen LogP contribution in [0.5, 0.6) is 0 Å². The van der Waals surface area contributed by atoms with Crippen LogP contribution in [0.1, 0.15) is 79.9 Å². The smallest absolute Gasteiger partial charge is 0.303 e. The van der Waals surface area contributed by atoms with Gasteiger partial charge in [0.05, 0.1) is 26.4 Å². The summed E-state index contributed by atoms with van der Waals surface area (Å²) in [6.45, 7) is 7.34. The number of hydrogen-bond donors (Lipinski definition) is 2. The first-order valence-electron chi connectivity index (χ1n) is 23.7. The molecule has 24 heteroatoms. The van der Waals surface area contributed by atoms with Crippen LogP contribution in [0.3, 0.4) is 0 Å². The third kappa shape index (κ3) is 15.5. The summed E-state index contributed by atoms with van der Waals surface area (Å²) in [6, 6.07) is 17.9. The first kappa shape index (κ1) is 58.8. The van der Waals surface area contributed by atoms with E-state index in [0.717, 1.165) is 54.0 Å². The largest absolute Gasteiger partial charge is 0.463 e. The van der Waals surface area contributed by atoms with Crippen molar-refractivity contribution in [3.63, 3.8) is 0 Å². The number of esters is 7. The first-order chi connectivity index (χ1) is 35.1. The summed E-state index contributed by atoms with van der Waals surface area (Å²) in [5, 5.41) is 15.3. The number of carbonyl (C=O) groups is 8. The standard InChI is InChI=1S/C50H65NO23/c1-10-49(51-27(2)52)46(65-22-36-19-15-12-16-20-36)41(60)37(23-61-21-35-17-13-11-14-18-35)72-48(49)74-50(40(26-63-29(4)54)64-25-39(66-30(5)55)45(50)70-34(9)59)73-47-44(69-33(8)58)43(68-32(7)57)42(67-31(6)56)38(71-47)24-62-28(3)53/h11-20,37-48,60H,10,21-26H2,1-9H3,(H,51,52)/t37-,38-,39+,40-,41-,42+,43+,44-,45-,46+,47+,48-,49+,50+/m1/s1. The number of aliphatic hydroxyl groups excluding tert-OH is 1. The van der Waals surface area contributed by atoms with E-state index in [9.17, 15) is 43.5 Å². The van der Waals surface area contributed by atoms with Gasteiger partial charge in [-0.1, -0.05) is 67.6 Å². The van der Waals surface area contributed by atoms with E-state index >= 15 is 0 Å². The first-order valence-corrected chi connectivity index (χ1v) is 23.7. The van der Waals surface area contributed by atoms with Crippen molar-refractivity contribution in [2.75, 3.05) is 26.4 Å². The second-order valence-electron chi connectivity index (χ2n) is 17.6. The van der Waals surface area contributed by atoms with Gasteiger partial charge < -0.3 is 76.7 Å². The van der Waals surface area contributed by atoms with Gasteiger partial charge in [-0.3, -0.25) is 38.4 Å². The van der Waals surface area contributed by atoms with Crippen LogP contribution in [0.15, 0.2) is 60.7 Å². The number of carbonyl (C=O) groups excluding carboxylic acids is 8. The lowest BCUT2D eigenvalue weighted by molar-refractivity contribution is -0.464. The Morgan fingerprint density at radius 3 is 1.68 bits per heavy atom. The van der Waals surface area contributed by atoms with Crippen molar-refractivity contribution < 1.29 is 110 Å². The fourth-order valence-corrected chi connectivity index (χ4v) is 8.86. The highest BCUT2D eigenvalue weighted by Crippen LogP contribution is 2.45. The molecule has 5 rings (SSSR count). The number of benzene rings is 2. The third-order valence-electron chi connectivity index (χ3n) is 11.8. The Morgan fingerprint density at radius 2 is 1.14 bits per heavy atom. The average Bonchev–Trinajstić information content (AvgIpc) is 3.32. The average molecular weight is 1050 g/mol.